The molecule has 0 bridgehead atoms. The summed E-state index contributed by atoms with van der Waals surface area (Å²) in [6.07, 6.45) is 0.725. The summed E-state index contributed by atoms with van der Waals surface area (Å²) in [5.74, 6) is -3.78. The van der Waals surface area contributed by atoms with Crippen molar-refractivity contribution in [1.29, 1.82) is 0 Å². The highest BCUT2D eigenvalue weighted by molar-refractivity contribution is 7.90. The lowest BCUT2D eigenvalue weighted by Crippen LogP contribution is -2.33. The Morgan fingerprint density at radius 1 is 1.40 bits per heavy atom. The van der Waals surface area contributed by atoms with E-state index in [4.69, 9.17) is 0 Å². The summed E-state index contributed by atoms with van der Waals surface area (Å²) in [6, 6.07) is 3.79. The van der Waals surface area contributed by atoms with Gasteiger partial charge in [0.15, 0.2) is 11.6 Å². The SMILES string of the molecule is CCCS(=O)(=O)NC(=O)[C@@H]1C[C@H]1c1cccc(F)c1F. The quantitative estimate of drug-likeness (QED) is 0.904. The molecule has 2 rings (SSSR count). The second-order valence-corrected chi connectivity index (χ2v) is 6.72. The van der Waals surface area contributed by atoms with Crippen LogP contribution < -0.4 is 4.72 Å². The van der Waals surface area contributed by atoms with E-state index in [9.17, 15) is 22.0 Å². The van der Waals surface area contributed by atoms with E-state index in [1.165, 1.54) is 12.1 Å². The third-order valence-electron chi connectivity index (χ3n) is 3.24. The lowest BCUT2D eigenvalue weighted by Gasteiger charge is -2.06. The van der Waals surface area contributed by atoms with Gasteiger partial charge in [0.2, 0.25) is 15.9 Å². The van der Waals surface area contributed by atoms with Crippen LogP contribution in [-0.4, -0.2) is 20.1 Å². The molecule has 4 nitrogen and oxygen atoms in total. The largest absolute Gasteiger partial charge is 0.274 e. The van der Waals surface area contributed by atoms with Crippen LogP contribution in [0.3, 0.4) is 0 Å². The number of nitrogens with one attached hydrogen (secondary N) is 1. The third kappa shape index (κ3) is 3.15. The van der Waals surface area contributed by atoms with E-state index in [1.807, 2.05) is 4.72 Å². The fourth-order valence-electron chi connectivity index (χ4n) is 2.18. The minimum atomic E-state index is -3.63. The zero-order chi connectivity index (χ0) is 14.9. The Morgan fingerprint density at radius 3 is 2.75 bits per heavy atom. The summed E-state index contributed by atoms with van der Waals surface area (Å²) < 4.78 is 51.6. The molecule has 2 atom stereocenters. The fraction of sp³-hybridized carbons (Fsp3) is 0.462. The van der Waals surface area contributed by atoms with Crippen molar-refractivity contribution in [3.63, 3.8) is 0 Å². The normalized spacial score (nSPS) is 21.6. The first kappa shape index (κ1) is 14.9. The van der Waals surface area contributed by atoms with E-state index in [0.717, 1.165) is 6.07 Å². The van der Waals surface area contributed by atoms with Gasteiger partial charge < -0.3 is 0 Å². The van der Waals surface area contributed by atoms with E-state index < -0.39 is 39.4 Å². The molecule has 1 saturated carbocycles. The zero-order valence-electron chi connectivity index (χ0n) is 10.9. The molecular formula is C13H15F2NO3S. The molecule has 20 heavy (non-hydrogen) atoms. The van der Waals surface area contributed by atoms with Crippen molar-refractivity contribution in [2.75, 3.05) is 5.75 Å². The highest BCUT2D eigenvalue weighted by Crippen LogP contribution is 2.48. The number of carbonyl (C=O) groups excluding carboxylic acids is 1. The molecule has 0 unspecified atom stereocenters. The Morgan fingerprint density at radius 2 is 2.10 bits per heavy atom. The van der Waals surface area contributed by atoms with Gasteiger partial charge in [-0.25, -0.2) is 17.2 Å². The summed E-state index contributed by atoms with van der Waals surface area (Å²) in [5, 5.41) is 0. The Balaban J connectivity index is 2.05. The minimum Gasteiger partial charge on any atom is -0.274 e. The van der Waals surface area contributed by atoms with Crippen molar-refractivity contribution in [3.05, 3.63) is 35.4 Å². The molecule has 0 spiro atoms. The average molecular weight is 303 g/mol. The molecule has 0 radical (unpaired) electrons. The second-order valence-electron chi connectivity index (χ2n) is 4.88. The molecular weight excluding hydrogens is 288 g/mol. The van der Waals surface area contributed by atoms with Crippen LogP contribution in [-0.2, 0) is 14.8 Å². The van der Waals surface area contributed by atoms with Crippen LogP contribution in [0.1, 0.15) is 31.2 Å². The summed E-state index contributed by atoms with van der Waals surface area (Å²) in [6.45, 7) is 1.69. The van der Waals surface area contributed by atoms with Gasteiger partial charge in [0, 0.05) is 5.92 Å². The maximum absolute atomic E-state index is 13.6. The first-order valence-electron chi connectivity index (χ1n) is 6.34. The number of halogens is 2. The fourth-order valence-corrected chi connectivity index (χ4v) is 3.28. The van der Waals surface area contributed by atoms with Crippen LogP contribution in [0.5, 0.6) is 0 Å². The van der Waals surface area contributed by atoms with E-state index >= 15 is 0 Å². The smallest absolute Gasteiger partial charge is 0.237 e. The number of rotatable bonds is 5. The standard InChI is InChI=1S/C13H15F2NO3S/c1-2-6-20(18,19)16-13(17)10-7-9(10)8-4-3-5-11(14)12(8)15/h3-5,9-10H,2,6-7H2,1H3,(H,16,17)/t9-,10+/m0/s1. The van der Waals surface area contributed by atoms with Crippen molar-refractivity contribution >= 4 is 15.9 Å². The summed E-state index contributed by atoms with van der Waals surface area (Å²) in [5.41, 5.74) is 0.123. The molecule has 0 saturated heterocycles. The molecule has 0 heterocycles. The first-order chi connectivity index (χ1) is 9.35. The maximum Gasteiger partial charge on any atom is 0.237 e. The van der Waals surface area contributed by atoms with Crippen LogP contribution in [0.4, 0.5) is 8.78 Å². The van der Waals surface area contributed by atoms with Crippen LogP contribution in [0.2, 0.25) is 0 Å². The molecule has 110 valence electrons. The number of benzene rings is 1. The van der Waals surface area contributed by atoms with Gasteiger partial charge in [-0.3, -0.25) is 9.52 Å². The number of hydrogen-bond acceptors (Lipinski definition) is 3. The van der Waals surface area contributed by atoms with Gasteiger partial charge in [0.05, 0.1) is 5.75 Å². The van der Waals surface area contributed by atoms with Crippen molar-refractivity contribution in [3.8, 4) is 0 Å². The van der Waals surface area contributed by atoms with E-state index in [-0.39, 0.29) is 11.3 Å². The zero-order valence-corrected chi connectivity index (χ0v) is 11.7. The highest BCUT2D eigenvalue weighted by atomic mass is 32.2. The maximum atomic E-state index is 13.6. The lowest BCUT2D eigenvalue weighted by atomic mass is 10.1. The molecule has 1 fully saturated rings. The van der Waals surface area contributed by atoms with E-state index in [0.29, 0.717) is 12.8 Å². The Kier molecular flexibility index (Phi) is 4.08. The molecule has 1 amide bonds. The molecule has 1 N–H and O–H groups in total. The molecule has 0 aromatic heterocycles. The average Bonchev–Trinajstić information content (AvgIpc) is 3.12. The lowest BCUT2D eigenvalue weighted by molar-refractivity contribution is -0.120. The summed E-state index contributed by atoms with van der Waals surface area (Å²) >= 11 is 0. The Bertz CT molecular complexity index is 631. The number of carbonyl (C=O) groups is 1. The van der Waals surface area contributed by atoms with Crippen molar-refractivity contribution in [1.82, 2.24) is 4.72 Å². The van der Waals surface area contributed by atoms with Crippen LogP contribution in [0, 0.1) is 17.6 Å². The van der Waals surface area contributed by atoms with Gasteiger partial charge in [-0.15, -0.1) is 0 Å². The summed E-state index contributed by atoms with van der Waals surface area (Å²) in [7, 11) is -3.63. The second kappa shape index (κ2) is 5.47. The number of sulfonamides is 1. The predicted octanol–water partition coefficient (Wildman–Crippen LogP) is 1.92. The van der Waals surface area contributed by atoms with Gasteiger partial charge in [0.25, 0.3) is 0 Å². The third-order valence-corrected chi connectivity index (χ3v) is 4.69. The number of hydrogen-bond donors (Lipinski definition) is 1. The van der Waals surface area contributed by atoms with Gasteiger partial charge >= 0.3 is 0 Å². The Hall–Kier alpha value is -1.50. The van der Waals surface area contributed by atoms with Crippen molar-refractivity contribution in [2.45, 2.75) is 25.7 Å². The predicted molar refractivity (Wildman–Crippen MR) is 69.4 cm³/mol. The molecule has 1 aromatic rings. The molecule has 1 aromatic carbocycles. The van der Waals surface area contributed by atoms with Crippen LogP contribution in [0.15, 0.2) is 18.2 Å². The minimum absolute atomic E-state index is 0.123. The van der Waals surface area contributed by atoms with Gasteiger partial charge in [-0.05, 0) is 30.4 Å². The van der Waals surface area contributed by atoms with Crippen LogP contribution >= 0.6 is 0 Å². The van der Waals surface area contributed by atoms with Crippen molar-refractivity contribution < 1.29 is 22.0 Å². The first-order valence-corrected chi connectivity index (χ1v) is 7.99. The molecule has 1 aliphatic carbocycles. The molecule has 7 heteroatoms. The van der Waals surface area contributed by atoms with Gasteiger partial charge in [0.1, 0.15) is 0 Å². The Labute approximate surface area is 116 Å². The van der Waals surface area contributed by atoms with Crippen LogP contribution in [0.25, 0.3) is 0 Å². The van der Waals surface area contributed by atoms with Crippen molar-refractivity contribution in [2.24, 2.45) is 5.92 Å². The van der Waals surface area contributed by atoms with Gasteiger partial charge in [-0.1, -0.05) is 19.1 Å². The monoisotopic (exact) mass is 303 g/mol. The number of amides is 1. The van der Waals surface area contributed by atoms with Gasteiger partial charge in [-0.2, -0.15) is 0 Å². The van der Waals surface area contributed by atoms with E-state index in [1.54, 1.807) is 6.92 Å². The molecule has 0 aliphatic heterocycles. The van der Waals surface area contributed by atoms with E-state index in [2.05, 4.69) is 0 Å². The topological polar surface area (TPSA) is 63.2 Å². The highest BCUT2D eigenvalue weighted by Gasteiger charge is 2.46. The summed E-state index contributed by atoms with van der Waals surface area (Å²) in [4.78, 5) is 11.8. The molecule has 1 aliphatic rings.